The molecule has 0 atom stereocenters. The minimum Gasteiger partial charge on any atom is -0.497 e. The molecular formula is C24H19ClN2O2. The van der Waals surface area contributed by atoms with Crippen LogP contribution >= 0.6 is 11.6 Å². The van der Waals surface area contributed by atoms with Crippen molar-refractivity contribution in [2.45, 2.75) is 6.92 Å². The Kier molecular flexibility index (Phi) is 5.19. The van der Waals surface area contributed by atoms with Crippen molar-refractivity contribution < 1.29 is 9.53 Å². The number of rotatable bonds is 5. The summed E-state index contributed by atoms with van der Waals surface area (Å²) in [6.07, 6.45) is 0. The number of Topliss-reactive ketones (excluding diaryl/α,β-unsaturated/α-hetero) is 1. The lowest BCUT2D eigenvalue weighted by molar-refractivity contribution is 0.101. The van der Waals surface area contributed by atoms with E-state index >= 15 is 0 Å². The summed E-state index contributed by atoms with van der Waals surface area (Å²) in [7, 11) is 1.64. The number of benzene rings is 3. The zero-order chi connectivity index (χ0) is 20.4. The van der Waals surface area contributed by atoms with Crippen LogP contribution < -0.4 is 4.74 Å². The molecule has 1 heterocycles. The molecule has 0 spiro atoms. The van der Waals surface area contributed by atoms with Crippen LogP contribution in [-0.4, -0.2) is 22.7 Å². The zero-order valence-electron chi connectivity index (χ0n) is 16.1. The van der Waals surface area contributed by atoms with Gasteiger partial charge >= 0.3 is 0 Å². The number of aromatic nitrogens is 2. The fourth-order valence-corrected chi connectivity index (χ4v) is 3.27. The summed E-state index contributed by atoms with van der Waals surface area (Å²) in [6.45, 7) is 1.56. The van der Waals surface area contributed by atoms with E-state index in [2.05, 4.69) is 0 Å². The van der Waals surface area contributed by atoms with Crippen molar-refractivity contribution in [1.29, 1.82) is 0 Å². The van der Waals surface area contributed by atoms with Crippen LogP contribution in [0.3, 0.4) is 0 Å². The molecule has 0 aliphatic heterocycles. The second-order valence-electron chi connectivity index (χ2n) is 6.67. The van der Waals surface area contributed by atoms with Gasteiger partial charge in [0.05, 0.1) is 24.2 Å². The van der Waals surface area contributed by atoms with Crippen molar-refractivity contribution >= 4 is 17.4 Å². The first-order valence-corrected chi connectivity index (χ1v) is 9.55. The highest BCUT2D eigenvalue weighted by atomic mass is 35.5. The van der Waals surface area contributed by atoms with Crippen LogP contribution in [0.2, 0.25) is 5.02 Å². The molecular weight excluding hydrogens is 384 g/mol. The SMILES string of the molecule is COc1ccc(-n2nc(-c3ccc(C(C)=O)cc3)cc2-c2ccc(Cl)cc2)cc1. The van der Waals surface area contributed by atoms with Gasteiger partial charge < -0.3 is 4.74 Å². The highest BCUT2D eigenvalue weighted by Crippen LogP contribution is 2.30. The van der Waals surface area contributed by atoms with Crippen molar-refractivity contribution in [3.05, 3.63) is 89.4 Å². The smallest absolute Gasteiger partial charge is 0.159 e. The van der Waals surface area contributed by atoms with Gasteiger partial charge in [0.1, 0.15) is 5.75 Å². The molecule has 0 unspecified atom stereocenters. The van der Waals surface area contributed by atoms with Gasteiger partial charge in [-0.2, -0.15) is 5.10 Å². The maximum Gasteiger partial charge on any atom is 0.159 e. The Hall–Kier alpha value is -3.37. The molecule has 0 saturated carbocycles. The number of hydrogen-bond acceptors (Lipinski definition) is 3. The topological polar surface area (TPSA) is 44.1 Å². The number of ether oxygens (including phenoxy) is 1. The van der Waals surface area contributed by atoms with Gasteiger partial charge in [0.15, 0.2) is 5.78 Å². The molecule has 144 valence electrons. The lowest BCUT2D eigenvalue weighted by Crippen LogP contribution is -1.99. The summed E-state index contributed by atoms with van der Waals surface area (Å²) in [5.74, 6) is 0.830. The Morgan fingerprint density at radius 1 is 0.897 bits per heavy atom. The second kappa shape index (κ2) is 7.94. The van der Waals surface area contributed by atoms with Crippen LogP contribution in [0, 0.1) is 0 Å². The third-order valence-electron chi connectivity index (χ3n) is 4.75. The third-order valence-corrected chi connectivity index (χ3v) is 5.01. The molecule has 4 rings (SSSR count). The maximum absolute atomic E-state index is 11.6. The fraction of sp³-hybridized carbons (Fsp3) is 0.0833. The molecule has 0 fully saturated rings. The molecule has 5 heteroatoms. The number of ketones is 1. The fourth-order valence-electron chi connectivity index (χ4n) is 3.14. The summed E-state index contributed by atoms with van der Waals surface area (Å²) >= 11 is 6.07. The maximum atomic E-state index is 11.6. The van der Waals surface area contributed by atoms with Crippen molar-refractivity contribution in [2.75, 3.05) is 7.11 Å². The minimum atomic E-state index is 0.0437. The van der Waals surface area contributed by atoms with Gasteiger partial charge in [-0.25, -0.2) is 4.68 Å². The number of carbonyl (C=O) groups excluding carboxylic acids is 1. The Morgan fingerprint density at radius 3 is 2.10 bits per heavy atom. The zero-order valence-corrected chi connectivity index (χ0v) is 16.9. The molecule has 4 aromatic rings. The van der Waals surface area contributed by atoms with Crippen molar-refractivity contribution in [1.82, 2.24) is 9.78 Å². The summed E-state index contributed by atoms with van der Waals surface area (Å²) < 4.78 is 7.17. The third kappa shape index (κ3) is 3.93. The molecule has 0 aliphatic carbocycles. The van der Waals surface area contributed by atoms with Gasteiger partial charge in [-0.15, -0.1) is 0 Å². The second-order valence-corrected chi connectivity index (χ2v) is 7.10. The van der Waals surface area contributed by atoms with Gasteiger partial charge in [-0.3, -0.25) is 4.79 Å². The molecule has 1 aromatic heterocycles. The van der Waals surface area contributed by atoms with Gasteiger partial charge in [-0.1, -0.05) is 48.0 Å². The standard InChI is InChI=1S/C24H19ClN2O2/c1-16(28)17-3-5-18(6-4-17)23-15-24(19-7-9-20(25)10-8-19)27(26-23)21-11-13-22(29-2)14-12-21/h3-15H,1-2H3. The largest absolute Gasteiger partial charge is 0.497 e. The van der Waals surface area contributed by atoms with Crippen molar-refractivity contribution in [3.63, 3.8) is 0 Å². The Bertz CT molecular complexity index is 1150. The van der Waals surface area contributed by atoms with Crippen LogP contribution in [0.4, 0.5) is 0 Å². The van der Waals surface area contributed by atoms with Gasteiger partial charge in [0.2, 0.25) is 0 Å². The van der Waals surface area contributed by atoms with Crippen molar-refractivity contribution in [3.8, 4) is 34.0 Å². The average Bonchev–Trinajstić information content (AvgIpc) is 3.20. The summed E-state index contributed by atoms with van der Waals surface area (Å²) in [5, 5.41) is 5.52. The Labute approximate surface area is 174 Å². The quantitative estimate of drug-likeness (QED) is 0.380. The van der Waals surface area contributed by atoms with Crippen LogP contribution in [0.1, 0.15) is 17.3 Å². The highest BCUT2D eigenvalue weighted by Gasteiger charge is 2.14. The Morgan fingerprint density at radius 2 is 1.52 bits per heavy atom. The van der Waals surface area contributed by atoms with Crippen LogP contribution in [0.15, 0.2) is 78.9 Å². The van der Waals surface area contributed by atoms with E-state index in [1.54, 1.807) is 14.0 Å². The summed E-state index contributed by atoms with van der Waals surface area (Å²) in [4.78, 5) is 11.6. The normalized spacial score (nSPS) is 10.7. The van der Waals surface area contributed by atoms with E-state index in [9.17, 15) is 4.79 Å². The van der Waals surface area contributed by atoms with Crippen molar-refractivity contribution in [2.24, 2.45) is 0 Å². The molecule has 29 heavy (non-hydrogen) atoms. The van der Waals surface area contributed by atoms with Gasteiger partial charge in [-0.05, 0) is 49.4 Å². The van der Waals surface area contributed by atoms with E-state index < -0.39 is 0 Å². The molecule has 3 aromatic carbocycles. The average molecular weight is 403 g/mol. The van der Waals surface area contributed by atoms with Gasteiger partial charge in [0.25, 0.3) is 0 Å². The Balaban J connectivity index is 1.83. The monoisotopic (exact) mass is 402 g/mol. The predicted molar refractivity (Wildman–Crippen MR) is 116 cm³/mol. The number of methoxy groups -OCH3 is 1. The first-order chi connectivity index (χ1) is 14.0. The molecule has 0 bridgehead atoms. The van der Waals surface area contributed by atoms with Gasteiger partial charge in [0, 0.05) is 21.7 Å². The lowest BCUT2D eigenvalue weighted by Gasteiger charge is -2.08. The first kappa shape index (κ1) is 19.0. The predicted octanol–water partition coefficient (Wildman–Crippen LogP) is 6.07. The van der Waals surface area contributed by atoms with E-state index in [1.807, 2.05) is 83.5 Å². The minimum absolute atomic E-state index is 0.0437. The van der Waals surface area contributed by atoms with E-state index in [-0.39, 0.29) is 5.78 Å². The summed E-state index contributed by atoms with van der Waals surface area (Å²) in [5.41, 5.74) is 5.31. The van der Waals surface area contributed by atoms with E-state index in [0.29, 0.717) is 10.6 Å². The molecule has 0 radical (unpaired) electrons. The first-order valence-electron chi connectivity index (χ1n) is 9.17. The highest BCUT2D eigenvalue weighted by molar-refractivity contribution is 6.30. The van der Waals surface area contributed by atoms with Crippen LogP contribution in [0.5, 0.6) is 5.75 Å². The number of hydrogen-bond donors (Lipinski definition) is 0. The van der Waals surface area contributed by atoms with E-state index in [1.165, 1.54) is 0 Å². The van der Waals surface area contributed by atoms with Crippen LogP contribution in [0.25, 0.3) is 28.2 Å². The van der Waals surface area contributed by atoms with E-state index in [4.69, 9.17) is 21.4 Å². The number of nitrogens with zero attached hydrogens (tertiary/aromatic N) is 2. The number of halogens is 1. The number of carbonyl (C=O) groups is 1. The molecule has 0 saturated heterocycles. The molecule has 0 aliphatic rings. The molecule has 4 nitrogen and oxygen atoms in total. The summed E-state index contributed by atoms with van der Waals surface area (Å²) in [6, 6.07) is 25.0. The molecule has 0 amide bonds. The van der Waals surface area contributed by atoms with E-state index in [0.717, 1.165) is 34.0 Å². The molecule has 0 N–H and O–H groups in total. The lowest BCUT2D eigenvalue weighted by atomic mass is 10.1. The van der Waals surface area contributed by atoms with Crippen LogP contribution in [-0.2, 0) is 0 Å².